The van der Waals surface area contributed by atoms with Crippen molar-refractivity contribution in [2.45, 2.75) is 39.2 Å². The second-order valence-electron chi connectivity index (χ2n) is 3.96. The fraction of sp³-hybridized carbons (Fsp3) is 0.538. The lowest BCUT2D eigenvalue weighted by atomic mass is 10.0. The fourth-order valence-electron chi connectivity index (χ4n) is 1.88. The zero-order chi connectivity index (χ0) is 12.0. The number of hydrogen-bond acceptors (Lipinski definition) is 1. The van der Waals surface area contributed by atoms with E-state index in [4.69, 9.17) is 11.6 Å². The summed E-state index contributed by atoms with van der Waals surface area (Å²) >= 11 is 5.76. The number of hydrogen-bond donors (Lipinski definition) is 1. The molecule has 1 aromatic rings. The van der Waals surface area contributed by atoms with E-state index in [0.29, 0.717) is 18.0 Å². The van der Waals surface area contributed by atoms with Gasteiger partial charge in [0, 0.05) is 6.04 Å². The third kappa shape index (κ3) is 3.76. The van der Waals surface area contributed by atoms with Gasteiger partial charge in [-0.15, -0.1) is 0 Å². The molecule has 1 aromatic carbocycles. The Kier molecular flexibility index (Phi) is 5.78. The van der Waals surface area contributed by atoms with Crippen molar-refractivity contribution in [2.24, 2.45) is 0 Å². The summed E-state index contributed by atoms with van der Waals surface area (Å²) in [6.07, 6.45) is 2.85. The van der Waals surface area contributed by atoms with E-state index in [1.54, 1.807) is 18.2 Å². The summed E-state index contributed by atoms with van der Waals surface area (Å²) in [5.74, 6) is -0.275. The van der Waals surface area contributed by atoms with E-state index in [1.165, 1.54) is 0 Å². The SMILES string of the molecule is CCCC(Cc1cccc(Cl)c1F)NCC. The summed E-state index contributed by atoms with van der Waals surface area (Å²) in [5.41, 5.74) is 0.701. The molecule has 90 valence electrons. The average molecular weight is 244 g/mol. The molecule has 0 saturated heterocycles. The van der Waals surface area contributed by atoms with Crippen LogP contribution in [0.25, 0.3) is 0 Å². The summed E-state index contributed by atoms with van der Waals surface area (Å²) in [5, 5.41) is 3.58. The maximum atomic E-state index is 13.7. The number of benzene rings is 1. The molecule has 0 aromatic heterocycles. The van der Waals surface area contributed by atoms with Crippen molar-refractivity contribution in [3.63, 3.8) is 0 Å². The molecule has 0 bridgehead atoms. The van der Waals surface area contributed by atoms with E-state index in [2.05, 4.69) is 19.2 Å². The van der Waals surface area contributed by atoms with E-state index >= 15 is 0 Å². The van der Waals surface area contributed by atoms with Crippen LogP contribution in [0, 0.1) is 5.82 Å². The van der Waals surface area contributed by atoms with Crippen molar-refractivity contribution >= 4 is 11.6 Å². The minimum atomic E-state index is -0.275. The molecule has 0 aliphatic heterocycles. The molecular formula is C13H19ClFN. The van der Waals surface area contributed by atoms with Crippen LogP contribution in [-0.2, 0) is 6.42 Å². The first-order valence-electron chi connectivity index (χ1n) is 5.85. The lowest BCUT2D eigenvalue weighted by Gasteiger charge is -2.17. The third-order valence-electron chi connectivity index (χ3n) is 2.63. The number of likely N-dealkylation sites (N-methyl/N-ethyl adjacent to an activating group) is 1. The molecule has 0 aliphatic rings. The molecule has 0 aliphatic carbocycles. The highest BCUT2D eigenvalue weighted by atomic mass is 35.5. The number of nitrogens with one attached hydrogen (secondary N) is 1. The molecule has 16 heavy (non-hydrogen) atoms. The highest BCUT2D eigenvalue weighted by Gasteiger charge is 2.12. The van der Waals surface area contributed by atoms with E-state index in [1.807, 2.05) is 0 Å². The van der Waals surface area contributed by atoms with Crippen LogP contribution >= 0.6 is 11.6 Å². The fourth-order valence-corrected chi connectivity index (χ4v) is 2.08. The highest BCUT2D eigenvalue weighted by Crippen LogP contribution is 2.19. The number of rotatable bonds is 6. The van der Waals surface area contributed by atoms with Crippen molar-refractivity contribution in [3.05, 3.63) is 34.6 Å². The Labute approximate surface area is 102 Å². The molecule has 1 nitrogen and oxygen atoms in total. The summed E-state index contributed by atoms with van der Waals surface area (Å²) < 4.78 is 13.7. The second-order valence-corrected chi connectivity index (χ2v) is 4.37. The van der Waals surface area contributed by atoms with Gasteiger partial charge in [-0.05, 0) is 31.0 Å². The average Bonchev–Trinajstić information content (AvgIpc) is 2.25. The Balaban J connectivity index is 2.72. The van der Waals surface area contributed by atoms with E-state index in [9.17, 15) is 4.39 Å². The maximum absolute atomic E-state index is 13.7. The van der Waals surface area contributed by atoms with Crippen molar-refractivity contribution in [1.29, 1.82) is 0 Å². The molecule has 0 heterocycles. The minimum absolute atomic E-state index is 0.212. The molecule has 1 N–H and O–H groups in total. The van der Waals surface area contributed by atoms with Gasteiger partial charge in [0.15, 0.2) is 0 Å². The van der Waals surface area contributed by atoms with Gasteiger partial charge in [-0.1, -0.05) is 44.0 Å². The molecule has 3 heteroatoms. The predicted octanol–water partition coefficient (Wildman–Crippen LogP) is 3.80. The monoisotopic (exact) mass is 243 g/mol. The quantitative estimate of drug-likeness (QED) is 0.802. The van der Waals surface area contributed by atoms with Crippen LogP contribution in [-0.4, -0.2) is 12.6 Å². The Morgan fingerprint density at radius 3 is 2.75 bits per heavy atom. The first-order chi connectivity index (χ1) is 7.69. The van der Waals surface area contributed by atoms with Crippen LogP contribution in [0.5, 0.6) is 0 Å². The summed E-state index contributed by atoms with van der Waals surface area (Å²) in [6.45, 7) is 5.11. The summed E-state index contributed by atoms with van der Waals surface area (Å²) in [6, 6.07) is 5.53. The van der Waals surface area contributed by atoms with Gasteiger partial charge < -0.3 is 5.32 Å². The predicted molar refractivity (Wildman–Crippen MR) is 67.5 cm³/mol. The van der Waals surface area contributed by atoms with Gasteiger partial charge in [0.25, 0.3) is 0 Å². The van der Waals surface area contributed by atoms with Crippen LogP contribution in [0.15, 0.2) is 18.2 Å². The maximum Gasteiger partial charge on any atom is 0.145 e. The second kappa shape index (κ2) is 6.87. The van der Waals surface area contributed by atoms with E-state index < -0.39 is 0 Å². The Morgan fingerprint density at radius 2 is 2.12 bits per heavy atom. The number of halogens is 2. The zero-order valence-corrected chi connectivity index (χ0v) is 10.6. The topological polar surface area (TPSA) is 12.0 Å². The first kappa shape index (κ1) is 13.5. The molecule has 0 fully saturated rings. The zero-order valence-electron chi connectivity index (χ0n) is 9.89. The van der Waals surface area contributed by atoms with Gasteiger partial charge in [0.05, 0.1) is 5.02 Å². The lowest BCUT2D eigenvalue weighted by Crippen LogP contribution is -2.31. The summed E-state index contributed by atoms with van der Waals surface area (Å²) in [7, 11) is 0. The van der Waals surface area contributed by atoms with E-state index in [-0.39, 0.29) is 10.8 Å². The standard InChI is InChI=1S/C13H19ClFN/c1-3-6-11(16-4-2)9-10-7-5-8-12(14)13(10)15/h5,7-8,11,16H,3-4,6,9H2,1-2H3. The largest absolute Gasteiger partial charge is 0.314 e. The molecule has 1 rings (SSSR count). The van der Waals surface area contributed by atoms with Gasteiger partial charge in [0.2, 0.25) is 0 Å². The van der Waals surface area contributed by atoms with Crippen LogP contribution in [0.1, 0.15) is 32.3 Å². The van der Waals surface area contributed by atoms with Gasteiger partial charge in [-0.2, -0.15) is 0 Å². The molecule has 1 unspecified atom stereocenters. The normalized spacial score (nSPS) is 12.8. The lowest BCUT2D eigenvalue weighted by molar-refractivity contribution is 0.475. The first-order valence-corrected chi connectivity index (χ1v) is 6.23. The van der Waals surface area contributed by atoms with Crippen molar-refractivity contribution < 1.29 is 4.39 Å². The van der Waals surface area contributed by atoms with Crippen molar-refractivity contribution in [1.82, 2.24) is 5.32 Å². The Bertz CT molecular complexity index is 322. The van der Waals surface area contributed by atoms with Crippen LogP contribution in [0.3, 0.4) is 0 Å². The van der Waals surface area contributed by atoms with Gasteiger partial charge in [-0.3, -0.25) is 0 Å². The van der Waals surface area contributed by atoms with Crippen LogP contribution < -0.4 is 5.32 Å². The molecule has 0 saturated carbocycles. The van der Waals surface area contributed by atoms with Crippen molar-refractivity contribution in [2.75, 3.05) is 6.54 Å². The van der Waals surface area contributed by atoms with Gasteiger partial charge in [-0.25, -0.2) is 4.39 Å². The highest BCUT2D eigenvalue weighted by molar-refractivity contribution is 6.30. The molecule has 1 atom stereocenters. The molecular weight excluding hydrogens is 225 g/mol. The molecule has 0 spiro atoms. The van der Waals surface area contributed by atoms with Gasteiger partial charge in [0.1, 0.15) is 5.82 Å². The van der Waals surface area contributed by atoms with Crippen molar-refractivity contribution in [3.8, 4) is 0 Å². The summed E-state index contributed by atoms with van der Waals surface area (Å²) in [4.78, 5) is 0. The Hall–Kier alpha value is -0.600. The Morgan fingerprint density at radius 1 is 1.38 bits per heavy atom. The minimum Gasteiger partial charge on any atom is -0.314 e. The van der Waals surface area contributed by atoms with Gasteiger partial charge >= 0.3 is 0 Å². The molecule has 0 amide bonds. The third-order valence-corrected chi connectivity index (χ3v) is 2.92. The smallest absolute Gasteiger partial charge is 0.145 e. The van der Waals surface area contributed by atoms with E-state index in [0.717, 1.165) is 19.4 Å². The molecule has 0 radical (unpaired) electrons. The van der Waals surface area contributed by atoms with Crippen LogP contribution in [0.2, 0.25) is 5.02 Å². The van der Waals surface area contributed by atoms with Crippen LogP contribution in [0.4, 0.5) is 4.39 Å².